The summed E-state index contributed by atoms with van der Waals surface area (Å²) in [4.78, 5) is 4.46. The number of hydrogen-bond acceptors (Lipinski definition) is 1. The number of aryl methyl sites for hydroxylation is 2. The first kappa shape index (κ1) is 21.3. The molecule has 0 saturated carbocycles. The smallest absolute Gasteiger partial charge is 0.0965 e. The predicted octanol–water partition coefficient (Wildman–Crippen LogP) is 5.03. The Hall–Kier alpha value is -2.91. The first-order chi connectivity index (χ1) is 15.3. The van der Waals surface area contributed by atoms with Crippen LogP contribution in [0.15, 0.2) is 97.6 Å². The Kier molecular flexibility index (Phi) is 6.83. The minimum Gasteiger partial charge on any atom is -0.326 e. The zero-order chi connectivity index (χ0) is 21.5. The molecular formula is C28H32N2Si. The van der Waals surface area contributed by atoms with Gasteiger partial charge in [-0.25, -0.2) is 4.98 Å². The van der Waals surface area contributed by atoms with Crippen LogP contribution in [-0.4, -0.2) is 19.1 Å². The maximum atomic E-state index is 4.46. The highest BCUT2D eigenvalue weighted by Gasteiger charge is 2.36. The molecule has 1 heterocycles. The normalized spacial score (nSPS) is 11.9. The molecule has 0 amide bonds. The highest BCUT2D eigenvalue weighted by molar-refractivity contribution is 6.57. The molecule has 31 heavy (non-hydrogen) atoms. The molecule has 1 aromatic heterocycles. The van der Waals surface area contributed by atoms with E-state index in [9.17, 15) is 0 Å². The van der Waals surface area contributed by atoms with Crippen LogP contribution in [0.25, 0.3) is 0 Å². The molecule has 158 valence electrons. The third-order valence-corrected chi connectivity index (χ3v) is 8.76. The van der Waals surface area contributed by atoms with Gasteiger partial charge in [0.2, 0.25) is 0 Å². The van der Waals surface area contributed by atoms with Gasteiger partial charge in [0.25, 0.3) is 0 Å². The second kappa shape index (κ2) is 9.93. The van der Waals surface area contributed by atoms with Gasteiger partial charge in [0.05, 0.1) is 21.0 Å². The highest BCUT2D eigenvalue weighted by Crippen LogP contribution is 2.34. The standard InChI is InChI=1S/C28H32N2Si/c1-3-8-23-12-16-25(17-13-23)28(30-21-20-29-22-30,31-27-10-6-5-7-11-27)26-18-14-24(9-4-2)15-19-26/h5-7,10-22H,3-4,8-9,31H2,1-2H3. The number of aromatic nitrogens is 2. The molecule has 0 saturated heterocycles. The van der Waals surface area contributed by atoms with Crippen molar-refractivity contribution in [2.45, 2.75) is 44.7 Å². The quantitative estimate of drug-likeness (QED) is 0.345. The molecule has 0 atom stereocenters. The number of imidazole rings is 1. The zero-order valence-electron chi connectivity index (χ0n) is 18.7. The minimum atomic E-state index is -0.794. The molecule has 0 bridgehead atoms. The lowest BCUT2D eigenvalue weighted by Gasteiger charge is -2.37. The van der Waals surface area contributed by atoms with E-state index in [0.29, 0.717) is 0 Å². The average Bonchev–Trinajstić information content (AvgIpc) is 3.35. The summed E-state index contributed by atoms with van der Waals surface area (Å²) in [5.74, 6) is 0. The Balaban J connectivity index is 1.90. The first-order valence-corrected chi connectivity index (χ1v) is 12.9. The number of hydrogen-bond donors (Lipinski definition) is 0. The first-order valence-electron chi connectivity index (χ1n) is 11.5. The van der Waals surface area contributed by atoms with Crippen LogP contribution in [0.1, 0.15) is 48.9 Å². The van der Waals surface area contributed by atoms with E-state index >= 15 is 0 Å². The fraction of sp³-hybridized carbons (Fsp3) is 0.250. The van der Waals surface area contributed by atoms with Crippen molar-refractivity contribution in [1.29, 1.82) is 0 Å². The zero-order valence-corrected chi connectivity index (χ0v) is 20.1. The molecule has 0 N–H and O–H groups in total. The topological polar surface area (TPSA) is 17.8 Å². The molecule has 3 heteroatoms. The van der Waals surface area contributed by atoms with Crippen LogP contribution < -0.4 is 5.19 Å². The largest absolute Gasteiger partial charge is 0.326 e. The van der Waals surface area contributed by atoms with Crippen LogP contribution in [0.4, 0.5) is 0 Å². The maximum Gasteiger partial charge on any atom is 0.0965 e. The van der Waals surface area contributed by atoms with Crippen molar-refractivity contribution in [2.75, 3.05) is 0 Å². The number of benzene rings is 3. The molecule has 0 unspecified atom stereocenters. The molecule has 2 nitrogen and oxygen atoms in total. The number of nitrogens with zero attached hydrogens (tertiary/aromatic N) is 2. The van der Waals surface area contributed by atoms with E-state index < -0.39 is 9.52 Å². The van der Waals surface area contributed by atoms with Crippen molar-refractivity contribution in [1.82, 2.24) is 9.55 Å². The van der Waals surface area contributed by atoms with Crippen molar-refractivity contribution in [2.24, 2.45) is 0 Å². The second-order valence-electron chi connectivity index (χ2n) is 8.39. The summed E-state index contributed by atoms with van der Waals surface area (Å²) in [6, 6.07) is 29.7. The Morgan fingerprint density at radius 2 is 1.29 bits per heavy atom. The van der Waals surface area contributed by atoms with Crippen molar-refractivity contribution in [3.8, 4) is 0 Å². The fourth-order valence-corrected chi connectivity index (χ4v) is 6.96. The van der Waals surface area contributed by atoms with E-state index in [2.05, 4.69) is 108 Å². The van der Waals surface area contributed by atoms with Crippen molar-refractivity contribution in [3.05, 3.63) is 120 Å². The molecule has 0 fully saturated rings. The lowest BCUT2D eigenvalue weighted by molar-refractivity contribution is 0.596. The summed E-state index contributed by atoms with van der Waals surface area (Å²) < 4.78 is 2.34. The molecule has 0 radical (unpaired) electrons. The van der Waals surface area contributed by atoms with Gasteiger partial charge in [-0.2, -0.15) is 0 Å². The van der Waals surface area contributed by atoms with E-state index in [4.69, 9.17) is 0 Å². The van der Waals surface area contributed by atoms with Crippen molar-refractivity contribution < 1.29 is 0 Å². The van der Waals surface area contributed by atoms with Crippen LogP contribution in [0.5, 0.6) is 0 Å². The molecule has 0 aliphatic carbocycles. The summed E-state index contributed by atoms with van der Waals surface area (Å²) in [6.45, 7) is 4.48. The lowest BCUT2D eigenvalue weighted by atomic mass is 9.94. The maximum absolute atomic E-state index is 4.46. The van der Waals surface area contributed by atoms with E-state index in [1.807, 2.05) is 12.5 Å². The molecule has 0 aliphatic rings. The van der Waals surface area contributed by atoms with Crippen LogP contribution in [-0.2, 0) is 18.0 Å². The summed E-state index contributed by atoms with van der Waals surface area (Å²) >= 11 is 0. The Morgan fingerprint density at radius 1 is 0.742 bits per heavy atom. The highest BCUT2D eigenvalue weighted by atomic mass is 28.2. The molecule has 4 aromatic rings. The van der Waals surface area contributed by atoms with E-state index in [0.717, 1.165) is 12.8 Å². The SMILES string of the molecule is CCCc1ccc(C([SiH2]c2ccccc2)(c2ccc(CCC)cc2)n2ccnc2)cc1. The molecule has 0 spiro atoms. The Labute approximate surface area is 188 Å². The Morgan fingerprint density at radius 3 is 1.74 bits per heavy atom. The Bertz CT molecular complexity index is 1000. The van der Waals surface area contributed by atoms with Crippen LogP contribution in [0.2, 0.25) is 0 Å². The summed E-state index contributed by atoms with van der Waals surface area (Å²) in [5, 5.41) is 1.24. The van der Waals surface area contributed by atoms with Crippen LogP contribution in [0, 0.1) is 0 Å². The third kappa shape index (κ3) is 4.57. The molecule has 3 aromatic carbocycles. The summed E-state index contributed by atoms with van der Waals surface area (Å²) in [6.07, 6.45) is 10.6. The molecule has 0 aliphatic heterocycles. The van der Waals surface area contributed by atoms with Crippen LogP contribution in [0.3, 0.4) is 0 Å². The summed E-state index contributed by atoms with van der Waals surface area (Å²) in [5.41, 5.74) is 5.52. The van der Waals surface area contributed by atoms with Gasteiger partial charge in [-0.15, -0.1) is 0 Å². The van der Waals surface area contributed by atoms with Gasteiger partial charge in [-0.3, -0.25) is 0 Å². The second-order valence-corrected chi connectivity index (χ2v) is 10.6. The van der Waals surface area contributed by atoms with Gasteiger partial charge in [0.15, 0.2) is 0 Å². The van der Waals surface area contributed by atoms with Gasteiger partial charge in [0, 0.05) is 12.4 Å². The van der Waals surface area contributed by atoms with E-state index in [-0.39, 0.29) is 5.16 Å². The third-order valence-electron chi connectivity index (χ3n) is 6.19. The van der Waals surface area contributed by atoms with E-state index in [1.54, 1.807) is 0 Å². The summed E-state index contributed by atoms with van der Waals surface area (Å²) in [7, 11) is -0.794. The molecule has 4 rings (SSSR count). The monoisotopic (exact) mass is 424 g/mol. The molecular weight excluding hydrogens is 392 g/mol. The fourth-order valence-electron chi connectivity index (χ4n) is 4.61. The van der Waals surface area contributed by atoms with Gasteiger partial charge in [-0.05, 0) is 35.1 Å². The average molecular weight is 425 g/mol. The van der Waals surface area contributed by atoms with Gasteiger partial charge in [-0.1, -0.05) is 111 Å². The van der Waals surface area contributed by atoms with E-state index in [1.165, 1.54) is 40.3 Å². The van der Waals surface area contributed by atoms with Crippen molar-refractivity contribution >= 4 is 14.7 Å². The lowest BCUT2D eigenvalue weighted by Crippen LogP contribution is -2.46. The van der Waals surface area contributed by atoms with Gasteiger partial charge < -0.3 is 4.57 Å². The van der Waals surface area contributed by atoms with Gasteiger partial charge >= 0.3 is 0 Å². The minimum absolute atomic E-state index is 0.215. The predicted molar refractivity (Wildman–Crippen MR) is 134 cm³/mol. The van der Waals surface area contributed by atoms with Crippen LogP contribution >= 0.6 is 0 Å². The van der Waals surface area contributed by atoms with Gasteiger partial charge in [0.1, 0.15) is 0 Å². The van der Waals surface area contributed by atoms with Crippen molar-refractivity contribution in [3.63, 3.8) is 0 Å². The number of rotatable bonds is 9.